The SMILES string of the molecule is CCCCc1oc2ccccc2c1CNCCC. The molecule has 0 aliphatic carbocycles. The molecule has 1 aromatic heterocycles. The van der Waals surface area contributed by atoms with E-state index in [-0.39, 0.29) is 0 Å². The van der Waals surface area contributed by atoms with E-state index in [2.05, 4.69) is 37.4 Å². The molecule has 0 aliphatic rings. The van der Waals surface area contributed by atoms with Gasteiger partial charge in [-0.2, -0.15) is 0 Å². The van der Waals surface area contributed by atoms with Crippen LogP contribution in [0.3, 0.4) is 0 Å². The fourth-order valence-corrected chi connectivity index (χ4v) is 2.27. The average Bonchev–Trinajstić information content (AvgIpc) is 2.75. The maximum absolute atomic E-state index is 5.99. The molecule has 0 bridgehead atoms. The molecule has 2 aromatic rings. The topological polar surface area (TPSA) is 25.2 Å². The highest BCUT2D eigenvalue weighted by atomic mass is 16.3. The number of benzene rings is 1. The van der Waals surface area contributed by atoms with Crippen LogP contribution in [-0.4, -0.2) is 6.54 Å². The van der Waals surface area contributed by atoms with Crippen molar-refractivity contribution in [3.8, 4) is 0 Å². The fraction of sp³-hybridized carbons (Fsp3) is 0.500. The van der Waals surface area contributed by atoms with E-state index in [1.165, 1.54) is 36.0 Å². The molecule has 1 N–H and O–H groups in total. The van der Waals surface area contributed by atoms with Crippen molar-refractivity contribution < 1.29 is 4.42 Å². The van der Waals surface area contributed by atoms with Crippen molar-refractivity contribution in [2.75, 3.05) is 6.54 Å². The molecule has 2 rings (SSSR count). The third-order valence-corrected chi connectivity index (χ3v) is 3.27. The van der Waals surface area contributed by atoms with E-state index in [0.717, 1.165) is 25.1 Å². The molecule has 18 heavy (non-hydrogen) atoms. The Morgan fingerprint density at radius 1 is 1.11 bits per heavy atom. The molecular weight excluding hydrogens is 222 g/mol. The van der Waals surface area contributed by atoms with Gasteiger partial charge in [0.1, 0.15) is 11.3 Å². The van der Waals surface area contributed by atoms with Gasteiger partial charge < -0.3 is 9.73 Å². The molecule has 0 fully saturated rings. The van der Waals surface area contributed by atoms with Crippen LogP contribution < -0.4 is 5.32 Å². The van der Waals surface area contributed by atoms with Gasteiger partial charge in [0, 0.05) is 23.9 Å². The monoisotopic (exact) mass is 245 g/mol. The summed E-state index contributed by atoms with van der Waals surface area (Å²) in [6.45, 7) is 6.40. The van der Waals surface area contributed by atoms with Gasteiger partial charge in [0.05, 0.1) is 0 Å². The highest BCUT2D eigenvalue weighted by Gasteiger charge is 2.12. The molecule has 0 atom stereocenters. The van der Waals surface area contributed by atoms with Crippen LogP contribution in [0.4, 0.5) is 0 Å². The lowest BCUT2D eigenvalue weighted by molar-refractivity contribution is 0.524. The zero-order valence-electron chi connectivity index (χ0n) is 11.5. The summed E-state index contributed by atoms with van der Waals surface area (Å²) in [5.41, 5.74) is 2.38. The van der Waals surface area contributed by atoms with E-state index >= 15 is 0 Å². The van der Waals surface area contributed by atoms with Crippen molar-refractivity contribution in [2.45, 2.75) is 46.1 Å². The maximum atomic E-state index is 5.99. The number of hydrogen-bond donors (Lipinski definition) is 1. The largest absolute Gasteiger partial charge is 0.461 e. The minimum absolute atomic E-state index is 0.921. The first kappa shape index (κ1) is 13.2. The van der Waals surface area contributed by atoms with E-state index in [1.54, 1.807) is 0 Å². The first-order valence-corrected chi connectivity index (χ1v) is 7.06. The van der Waals surface area contributed by atoms with E-state index in [0.29, 0.717) is 0 Å². The third kappa shape index (κ3) is 2.94. The maximum Gasteiger partial charge on any atom is 0.134 e. The molecule has 2 heteroatoms. The van der Waals surface area contributed by atoms with Crippen molar-refractivity contribution in [3.05, 3.63) is 35.6 Å². The Morgan fingerprint density at radius 3 is 2.72 bits per heavy atom. The van der Waals surface area contributed by atoms with E-state index in [4.69, 9.17) is 4.42 Å². The second kappa shape index (κ2) is 6.60. The number of unbranched alkanes of at least 4 members (excludes halogenated alkanes) is 1. The lowest BCUT2D eigenvalue weighted by Crippen LogP contribution is -2.14. The third-order valence-electron chi connectivity index (χ3n) is 3.27. The number of rotatable bonds is 7. The smallest absolute Gasteiger partial charge is 0.134 e. The van der Waals surface area contributed by atoms with E-state index in [1.807, 2.05) is 6.07 Å². The molecule has 1 aromatic carbocycles. The van der Waals surface area contributed by atoms with Crippen molar-refractivity contribution in [3.63, 3.8) is 0 Å². The summed E-state index contributed by atoms with van der Waals surface area (Å²) >= 11 is 0. The fourth-order valence-electron chi connectivity index (χ4n) is 2.27. The minimum Gasteiger partial charge on any atom is -0.461 e. The van der Waals surface area contributed by atoms with Crippen LogP contribution in [0.2, 0.25) is 0 Å². The molecule has 0 unspecified atom stereocenters. The van der Waals surface area contributed by atoms with Gasteiger partial charge >= 0.3 is 0 Å². The van der Waals surface area contributed by atoms with Crippen molar-refractivity contribution in [1.29, 1.82) is 0 Å². The van der Waals surface area contributed by atoms with E-state index in [9.17, 15) is 0 Å². The Morgan fingerprint density at radius 2 is 1.94 bits per heavy atom. The summed E-state index contributed by atoms with van der Waals surface area (Å²) in [6.07, 6.45) is 4.62. The second-order valence-corrected chi connectivity index (χ2v) is 4.78. The lowest BCUT2D eigenvalue weighted by atomic mass is 10.1. The highest BCUT2D eigenvalue weighted by Crippen LogP contribution is 2.27. The van der Waals surface area contributed by atoms with E-state index < -0.39 is 0 Å². The molecule has 0 aliphatic heterocycles. The minimum atomic E-state index is 0.921. The summed E-state index contributed by atoms with van der Waals surface area (Å²) in [6, 6.07) is 8.36. The first-order valence-electron chi connectivity index (χ1n) is 7.06. The molecule has 1 heterocycles. The number of nitrogens with one attached hydrogen (secondary N) is 1. The Labute approximate surface area is 109 Å². The Kier molecular flexibility index (Phi) is 4.82. The summed E-state index contributed by atoms with van der Waals surface area (Å²) in [4.78, 5) is 0. The first-order chi connectivity index (χ1) is 8.86. The van der Waals surface area contributed by atoms with Gasteiger partial charge in [0.15, 0.2) is 0 Å². The van der Waals surface area contributed by atoms with Crippen LogP contribution in [0, 0.1) is 0 Å². The average molecular weight is 245 g/mol. The van der Waals surface area contributed by atoms with Gasteiger partial charge in [-0.15, -0.1) is 0 Å². The molecule has 2 nitrogen and oxygen atoms in total. The zero-order valence-corrected chi connectivity index (χ0v) is 11.5. The molecule has 0 saturated carbocycles. The van der Waals surface area contributed by atoms with Crippen LogP contribution >= 0.6 is 0 Å². The number of hydrogen-bond acceptors (Lipinski definition) is 2. The molecule has 0 spiro atoms. The van der Waals surface area contributed by atoms with Crippen LogP contribution in [0.5, 0.6) is 0 Å². The predicted octanol–water partition coefficient (Wildman–Crippen LogP) is 4.28. The molecule has 0 amide bonds. The van der Waals surface area contributed by atoms with Gasteiger partial charge in [-0.1, -0.05) is 38.5 Å². The zero-order chi connectivity index (χ0) is 12.8. The summed E-state index contributed by atoms with van der Waals surface area (Å²) in [5.74, 6) is 1.17. The molecule has 0 radical (unpaired) electrons. The number of para-hydroxylation sites is 1. The second-order valence-electron chi connectivity index (χ2n) is 4.78. The summed E-state index contributed by atoms with van der Waals surface area (Å²) < 4.78 is 5.99. The van der Waals surface area contributed by atoms with Crippen LogP contribution in [0.25, 0.3) is 11.0 Å². The lowest BCUT2D eigenvalue weighted by Gasteiger charge is -2.04. The van der Waals surface area contributed by atoms with Gasteiger partial charge in [-0.3, -0.25) is 0 Å². The number of furan rings is 1. The Hall–Kier alpha value is -1.28. The van der Waals surface area contributed by atoms with Gasteiger partial charge in [0.25, 0.3) is 0 Å². The van der Waals surface area contributed by atoms with Crippen molar-refractivity contribution in [1.82, 2.24) is 5.32 Å². The van der Waals surface area contributed by atoms with Gasteiger partial charge in [0.2, 0.25) is 0 Å². The number of fused-ring (bicyclic) bond motifs is 1. The van der Waals surface area contributed by atoms with Gasteiger partial charge in [-0.25, -0.2) is 0 Å². The van der Waals surface area contributed by atoms with Crippen LogP contribution in [0.15, 0.2) is 28.7 Å². The molecular formula is C16H23NO. The van der Waals surface area contributed by atoms with Crippen LogP contribution in [0.1, 0.15) is 44.4 Å². The molecule has 0 saturated heterocycles. The van der Waals surface area contributed by atoms with Crippen LogP contribution in [-0.2, 0) is 13.0 Å². The Balaban J connectivity index is 2.25. The van der Waals surface area contributed by atoms with Crippen molar-refractivity contribution >= 4 is 11.0 Å². The quantitative estimate of drug-likeness (QED) is 0.737. The normalized spacial score (nSPS) is 11.2. The predicted molar refractivity (Wildman–Crippen MR) is 76.8 cm³/mol. The number of aryl methyl sites for hydroxylation is 1. The van der Waals surface area contributed by atoms with Gasteiger partial charge in [-0.05, 0) is 25.5 Å². The van der Waals surface area contributed by atoms with Crippen molar-refractivity contribution in [2.24, 2.45) is 0 Å². The Bertz CT molecular complexity index is 487. The highest BCUT2D eigenvalue weighted by molar-refractivity contribution is 5.82. The standard InChI is InChI=1S/C16H23NO/c1-3-5-9-16-14(12-17-11-4-2)13-8-6-7-10-15(13)18-16/h6-8,10,17H,3-5,9,11-12H2,1-2H3. The summed E-state index contributed by atoms with van der Waals surface area (Å²) in [5, 5.41) is 4.76. The summed E-state index contributed by atoms with van der Waals surface area (Å²) in [7, 11) is 0. The molecule has 98 valence electrons.